The quantitative estimate of drug-likeness (QED) is 0.775. The van der Waals surface area contributed by atoms with Crippen LogP contribution in [0.2, 0.25) is 0 Å². The number of hydrogen-bond acceptors (Lipinski definition) is 3. The van der Waals surface area contributed by atoms with Crippen molar-refractivity contribution in [2.75, 3.05) is 13.2 Å². The Labute approximate surface area is 113 Å². The standard InChI is InChI=1S/C14H20N2O3/c1-3-9-15-14(18)11(2)16-13(17)10-19-12-7-5-4-6-8-12/h4-8,11H,3,9-10H2,1-2H3,(H,15,18)(H,16,17)/t11-/m1/s1. The van der Waals surface area contributed by atoms with Gasteiger partial charge in [-0.25, -0.2) is 0 Å². The van der Waals surface area contributed by atoms with Crippen LogP contribution in [0, 0.1) is 0 Å². The third-order valence-corrected chi connectivity index (χ3v) is 2.43. The summed E-state index contributed by atoms with van der Waals surface area (Å²) in [6, 6.07) is 8.50. The van der Waals surface area contributed by atoms with E-state index >= 15 is 0 Å². The molecule has 104 valence electrons. The first-order chi connectivity index (χ1) is 9.13. The summed E-state index contributed by atoms with van der Waals surface area (Å²) in [5.74, 6) is 0.124. The minimum atomic E-state index is -0.557. The number of hydrogen-bond donors (Lipinski definition) is 2. The van der Waals surface area contributed by atoms with Crippen molar-refractivity contribution in [2.24, 2.45) is 0 Å². The zero-order chi connectivity index (χ0) is 14.1. The minimum Gasteiger partial charge on any atom is -0.484 e. The normalized spacial score (nSPS) is 11.5. The number of rotatable bonds is 7. The van der Waals surface area contributed by atoms with Gasteiger partial charge in [-0.2, -0.15) is 0 Å². The van der Waals surface area contributed by atoms with Gasteiger partial charge in [0, 0.05) is 6.54 Å². The number of amides is 2. The maximum atomic E-state index is 11.6. The fourth-order valence-electron chi connectivity index (χ4n) is 1.42. The second kappa shape index (κ2) is 8.13. The predicted molar refractivity (Wildman–Crippen MR) is 72.8 cm³/mol. The molecule has 5 nitrogen and oxygen atoms in total. The van der Waals surface area contributed by atoms with Crippen molar-refractivity contribution < 1.29 is 14.3 Å². The molecule has 0 fully saturated rings. The van der Waals surface area contributed by atoms with Crippen LogP contribution >= 0.6 is 0 Å². The number of benzene rings is 1. The number of carbonyl (C=O) groups excluding carboxylic acids is 2. The van der Waals surface area contributed by atoms with Gasteiger partial charge >= 0.3 is 0 Å². The fraction of sp³-hybridized carbons (Fsp3) is 0.429. The van der Waals surface area contributed by atoms with Crippen LogP contribution in [0.5, 0.6) is 5.75 Å². The highest BCUT2D eigenvalue weighted by atomic mass is 16.5. The zero-order valence-corrected chi connectivity index (χ0v) is 11.3. The van der Waals surface area contributed by atoms with Crippen molar-refractivity contribution in [3.63, 3.8) is 0 Å². The molecular formula is C14H20N2O3. The van der Waals surface area contributed by atoms with Gasteiger partial charge < -0.3 is 15.4 Å². The van der Waals surface area contributed by atoms with Gasteiger partial charge in [0.1, 0.15) is 11.8 Å². The molecule has 1 rings (SSSR count). The molecule has 0 aliphatic heterocycles. The van der Waals surface area contributed by atoms with Gasteiger partial charge in [0.2, 0.25) is 5.91 Å². The van der Waals surface area contributed by atoms with Gasteiger partial charge in [-0.1, -0.05) is 25.1 Å². The summed E-state index contributed by atoms with van der Waals surface area (Å²) in [7, 11) is 0. The van der Waals surface area contributed by atoms with Gasteiger partial charge in [-0.3, -0.25) is 9.59 Å². The van der Waals surface area contributed by atoms with E-state index in [0.717, 1.165) is 6.42 Å². The van der Waals surface area contributed by atoms with Crippen molar-refractivity contribution in [3.05, 3.63) is 30.3 Å². The highest BCUT2D eigenvalue weighted by Crippen LogP contribution is 2.07. The smallest absolute Gasteiger partial charge is 0.258 e. The van der Waals surface area contributed by atoms with Crippen LogP contribution in [0.15, 0.2) is 30.3 Å². The van der Waals surface area contributed by atoms with Crippen molar-refractivity contribution >= 4 is 11.8 Å². The van der Waals surface area contributed by atoms with Gasteiger partial charge in [-0.15, -0.1) is 0 Å². The highest BCUT2D eigenvalue weighted by Gasteiger charge is 2.14. The largest absolute Gasteiger partial charge is 0.484 e. The Bertz CT molecular complexity index is 406. The van der Waals surface area contributed by atoms with Crippen LogP contribution in [-0.4, -0.2) is 31.0 Å². The molecule has 5 heteroatoms. The lowest BCUT2D eigenvalue weighted by atomic mass is 10.3. The van der Waals surface area contributed by atoms with E-state index in [1.54, 1.807) is 19.1 Å². The molecular weight excluding hydrogens is 244 g/mol. The number of para-hydroxylation sites is 1. The van der Waals surface area contributed by atoms with E-state index in [2.05, 4.69) is 10.6 Å². The molecule has 0 aliphatic carbocycles. The second-order valence-corrected chi connectivity index (χ2v) is 4.18. The monoisotopic (exact) mass is 264 g/mol. The molecule has 0 saturated carbocycles. The van der Waals surface area contributed by atoms with Crippen LogP contribution in [0.4, 0.5) is 0 Å². The first kappa shape index (κ1) is 15.0. The highest BCUT2D eigenvalue weighted by molar-refractivity contribution is 5.87. The predicted octanol–water partition coefficient (Wildman–Crippen LogP) is 1.10. The third-order valence-electron chi connectivity index (χ3n) is 2.43. The van der Waals surface area contributed by atoms with E-state index in [9.17, 15) is 9.59 Å². The van der Waals surface area contributed by atoms with Crippen LogP contribution in [0.3, 0.4) is 0 Å². The lowest BCUT2D eigenvalue weighted by Crippen LogP contribution is -2.46. The van der Waals surface area contributed by atoms with E-state index in [1.165, 1.54) is 0 Å². The summed E-state index contributed by atoms with van der Waals surface area (Å²) in [5.41, 5.74) is 0. The van der Waals surface area contributed by atoms with Crippen LogP contribution in [-0.2, 0) is 9.59 Å². The fourth-order valence-corrected chi connectivity index (χ4v) is 1.42. The number of ether oxygens (including phenoxy) is 1. The topological polar surface area (TPSA) is 67.4 Å². The van der Waals surface area contributed by atoms with Crippen molar-refractivity contribution in [1.29, 1.82) is 0 Å². The average molecular weight is 264 g/mol. The summed E-state index contributed by atoms with van der Waals surface area (Å²) < 4.78 is 5.29. The molecule has 0 spiro atoms. The Hall–Kier alpha value is -2.04. The Morgan fingerprint density at radius 1 is 1.26 bits per heavy atom. The molecule has 1 aromatic rings. The summed E-state index contributed by atoms with van der Waals surface area (Å²) in [4.78, 5) is 23.1. The minimum absolute atomic E-state index is 0.102. The molecule has 2 N–H and O–H groups in total. The lowest BCUT2D eigenvalue weighted by molar-refractivity contribution is -0.129. The molecule has 19 heavy (non-hydrogen) atoms. The Balaban J connectivity index is 2.29. The molecule has 1 aromatic carbocycles. The van der Waals surface area contributed by atoms with Crippen molar-refractivity contribution in [1.82, 2.24) is 10.6 Å². The molecule has 0 aliphatic rings. The molecule has 0 aromatic heterocycles. The van der Waals surface area contributed by atoms with E-state index in [4.69, 9.17) is 4.74 Å². The Morgan fingerprint density at radius 3 is 2.58 bits per heavy atom. The lowest BCUT2D eigenvalue weighted by Gasteiger charge is -2.14. The molecule has 0 heterocycles. The SMILES string of the molecule is CCCNC(=O)[C@@H](C)NC(=O)COc1ccccc1. The Morgan fingerprint density at radius 2 is 1.95 bits per heavy atom. The molecule has 1 atom stereocenters. The van der Waals surface area contributed by atoms with Gasteiger partial charge in [0.05, 0.1) is 0 Å². The first-order valence-corrected chi connectivity index (χ1v) is 6.38. The van der Waals surface area contributed by atoms with Crippen LogP contribution in [0.1, 0.15) is 20.3 Å². The van der Waals surface area contributed by atoms with E-state index in [1.807, 2.05) is 25.1 Å². The van der Waals surface area contributed by atoms with E-state index in [0.29, 0.717) is 12.3 Å². The Kier molecular flexibility index (Phi) is 6.43. The van der Waals surface area contributed by atoms with Gasteiger partial charge in [0.15, 0.2) is 6.61 Å². The number of carbonyl (C=O) groups is 2. The molecule has 0 radical (unpaired) electrons. The van der Waals surface area contributed by atoms with E-state index < -0.39 is 6.04 Å². The third kappa shape index (κ3) is 5.90. The maximum Gasteiger partial charge on any atom is 0.258 e. The molecule has 0 unspecified atom stereocenters. The van der Waals surface area contributed by atoms with Gasteiger partial charge in [0.25, 0.3) is 5.91 Å². The van der Waals surface area contributed by atoms with E-state index in [-0.39, 0.29) is 18.4 Å². The summed E-state index contributed by atoms with van der Waals surface area (Å²) in [6.07, 6.45) is 0.865. The second-order valence-electron chi connectivity index (χ2n) is 4.18. The zero-order valence-electron chi connectivity index (χ0n) is 11.3. The molecule has 2 amide bonds. The van der Waals surface area contributed by atoms with Gasteiger partial charge in [-0.05, 0) is 25.5 Å². The van der Waals surface area contributed by atoms with Crippen molar-refractivity contribution in [2.45, 2.75) is 26.3 Å². The molecule has 0 saturated heterocycles. The number of nitrogens with one attached hydrogen (secondary N) is 2. The first-order valence-electron chi connectivity index (χ1n) is 6.38. The summed E-state index contributed by atoms with van der Waals surface area (Å²) >= 11 is 0. The van der Waals surface area contributed by atoms with Crippen LogP contribution in [0.25, 0.3) is 0 Å². The summed E-state index contributed by atoms with van der Waals surface area (Å²) in [5, 5.41) is 5.30. The maximum absolute atomic E-state index is 11.6. The summed E-state index contributed by atoms with van der Waals surface area (Å²) in [6.45, 7) is 4.12. The van der Waals surface area contributed by atoms with Crippen LogP contribution < -0.4 is 15.4 Å². The molecule has 0 bridgehead atoms. The average Bonchev–Trinajstić information content (AvgIpc) is 2.43. The van der Waals surface area contributed by atoms with Crippen molar-refractivity contribution in [3.8, 4) is 5.75 Å².